The summed E-state index contributed by atoms with van der Waals surface area (Å²) < 4.78 is 6.81. The van der Waals surface area contributed by atoms with Crippen LogP contribution in [0.1, 0.15) is 12.8 Å². The van der Waals surface area contributed by atoms with Crippen molar-refractivity contribution in [2.75, 3.05) is 46.4 Å². The highest BCUT2D eigenvalue weighted by Gasteiger charge is 2.11. The van der Waals surface area contributed by atoms with Crippen molar-refractivity contribution in [1.29, 1.82) is 0 Å². The molecule has 1 aliphatic heterocycles. The zero-order chi connectivity index (χ0) is 13.5. The minimum absolute atomic E-state index is 0.743. The largest absolute Gasteiger partial charge is 0.492 e. The van der Waals surface area contributed by atoms with Gasteiger partial charge in [0, 0.05) is 24.1 Å². The quantitative estimate of drug-likeness (QED) is 0.766. The molecule has 106 valence electrons. The van der Waals surface area contributed by atoms with Crippen LogP contribution in [-0.4, -0.2) is 56.2 Å². The Kier molecular flexibility index (Phi) is 6.14. The third kappa shape index (κ3) is 5.51. The highest BCUT2D eigenvalue weighted by molar-refractivity contribution is 9.10. The Hall–Kier alpha value is -0.580. The van der Waals surface area contributed by atoms with Crippen LogP contribution >= 0.6 is 15.9 Å². The molecule has 0 unspecified atom stereocenters. The van der Waals surface area contributed by atoms with Crippen molar-refractivity contribution >= 4 is 15.9 Å². The van der Waals surface area contributed by atoms with E-state index in [0.717, 1.165) is 29.9 Å². The molecule has 19 heavy (non-hydrogen) atoms. The molecule has 0 N–H and O–H groups in total. The minimum atomic E-state index is 0.743. The van der Waals surface area contributed by atoms with Gasteiger partial charge >= 0.3 is 0 Å². The molecular weight excluding hydrogens is 304 g/mol. The molecule has 0 atom stereocenters. The topological polar surface area (TPSA) is 15.7 Å². The molecule has 0 aromatic heterocycles. The maximum atomic E-state index is 5.74. The van der Waals surface area contributed by atoms with E-state index in [2.05, 4.69) is 32.8 Å². The predicted octanol–water partition coefficient (Wildman–Crippen LogP) is 2.86. The molecule has 0 saturated carbocycles. The Labute approximate surface area is 124 Å². The van der Waals surface area contributed by atoms with Gasteiger partial charge in [0.05, 0.1) is 0 Å². The van der Waals surface area contributed by atoms with Gasteiger partial charge in [-0.2, -0.15) is 0 Å². The SMILES string of the molecule is CN(CCOc1cccc(Br)c1)CCN1CCCC1. The molecule has 2 rings (SSSR count). The van der Waals surface area contributed by atoms with Crippen LogP contribution < -0.4 is 4.74 Å². The van der Waals surface area contributed by atoms with E-state index in [1.807, 2.05) is 24.3 Å². The van der Waals surface area contributed by atoms with Gasteiger partial charge in [0.15, 0.2) is 0 Å². The molecule has 3 nitrogen and oxygen atoms in total. The summed E-state index contributed by atoms with van der Waals surface area (Å²) >= 11 is 3.45. The maximum absolute atomic E-state index is 5.74. The minimum Gasteiger partial charge on any atom is -0.492 e. The van der Waals surface area contributed by atoms with Crippen LogP contribution in [0.4, 0.5) is 0 Å². The molecule has 0 spiro atoms. The summed E-state index contributed by atoms with van der Waals surface area (Å²) in [4.78, 5) is 4.89. The lowest BCUT2D eigenvalue weighted by Gasteiger charge is -2.21. The Bertz CT molecular complexity index is 380. The number of nitrogens with zero attached hydrogens (tertiary/aromatic N) is 2. The van der Waals surface area contributed by atoms with Gasteiger partial charge in [0.25, 0.3) is 0 Å². The molecule has 1 fully saturated rings. The summed E-state index contributed by atoms with van der Waals surface area (Å²) in [5.74, 6) is 0.933. The maximum Gasteiger partial charge on any atom is 0.120 e. The molecule has 1 aromatic rings. The number of hydrogen-bond donors (Lipinski definition) is 0. The van der Waals surface area contributed by atoms with E-state index in [0.29, 0.717) is 0 Å². The lowest BCUT2D eigenvalue weighted by Crippen LogP contribution is -2.33. The lowest BCUT2D eigenvalue weighted by molar-refractivity contribution is 0.213. The highest BCUT2D eigenvalue weighted by atomic mass is 79.9. The summed E-state index contributed by atoms with van der Waals surface area (Å²) in [6.07, 6.45) is 2.74. The smallest absolute Gasteiger partial charge is 0.120 e. The second-order valence-electron chi connectivity index (χ2n) is 5.16. The number of likely N-dealkylation sites (N-methyl/N-ethyl adjacent to an activating group) is 1. The Morgan fingerprint density at radius 2 is 2.05 bits per heavy atom. The lowest BCUT2D eigenvalue weighted by atomic mass is 10.3. The average Bonchev–Trinajstić information content (AvgIpc) is 2.89. The van der Waals surface area contributed by atoms with Gasteiger partial charge in [-0.3, -0.25) is 0 Å². The molecule has 0 radical (unpaired) electrons. The zero-order valence-electron chi connectivity index (χ0n) is 11.6. The van der Waals surface area contributed by atoms with E-state index >= 15 is 0 Å². The predicted molar refractivity (Wildman–Crippen MR) is 82.8 cm³/mol. The molecular formula is C15H23BrN2O. The van der Waals surface area contributed by atoms with Crippen molar-refractivity contribution in [2.45, 2.75) is 12.8 Å². The van der Waals surface area contributed by atoms with E-state index in [9.17, 15) is 0 Å². The van der Waals surface area contributed by atoms with Crippen LogP contribution in [0.3, 0.4) is 0 Å². The van der Waals surface area contributed by atoms with Crippen molar-refractivity contribution in [3.8, 4) is 5.75 Å². The first-order valence-corrected chi connectivity index (χ1v) is 7.82. The van der Waals surface area contributed by atoms with Crippen LogP contribution in [0.5, 0.6) is 5.75 Å². The van der Waals surface area contributed by atoms with Gasteiger partial charge in [-0.15, -0.1) is 0 Å². The first kappa shape index (κ1) is 14.8. The number of ether oxygens (including phenoxy) is 1. The third-order valence-corrected chi connectivity index (χ3v) is 4.03. The first-order chi connectivity index (χ1) is 9.24. The first-order valence-electron chi connectivity index (χ1n) is 7.03. The van der Waals surface area contributed by atoms with Gasteiger partial charge < -0.3 is 14.5 Å². The fourth-order valence-corrected chi connectivity index (χ4v) is 2.68. The standard InChI is InChI=1S/C15H23BrN2O/c1-17(9-10-18-7-2-3-8-18)11-12-19-15-6-4-5-14(16)13-15/h4-6,13H,2-3,7-12H2,1H3. The van der Waals surface area contributed by atoms with Gasteiger partial charge in [0.1, 0.15) is 12.4 Å². The summed E-state index contributed by atoms with van der Waals surface area (Å²) in [7, 11) is 2.17. The normalized spacial score (nSPS) is 16.2. The number of likely N-dealkylation sites (tertiary alicyclic amines) is 1. The average molecular weight is 327 g/mol. The van der Waals surface area contributed by atoms with Gasteiger partial charge in [-0.05, 0) is 51.2 Å². The highest BCUT2D eigenvalue weighted by Crippen LogP contribution is 2.17. The Morgan fingerprint density at radius 3 is 2.79 bits per heavy atom. The molecule has 1 heterocycles. The van der Waals surface area contributed by atoms with E-state index in [4.69, 9.17) is 4.74 Å². The van der Waals surface area contributed by atoms with E-state index in [1.54, 1.807) is 0 Å². The summed E-state index contributed by atoms with van der Waals surface area (Å²) in [5, 5.41) is 0. The van der Waals surface area contributed by atoms with Gasteiger partial charge in [-0.1, -0.05) is 22.0 Å². The summed E-state index contributed by atoms with van der Waals surface area (Å²) in [5.41, 5.74) is 0. The van der Waals surface area contributed by atoms with E-state index in [1.165, 1.54) is 32.5 Å². The van der Waals surface area contributed by atoms with Crippen LogP contribution in [0.25, 0.3) is 0 Å². The molecule has 1 saturated heterocycles. The van der Waals surface area contributed by atoms with Crippen LogP contribution in [0, 0.1) is 0 Å². The molecule has 1 aromatic carbocycles. The number of rotatable bonds is 7. The van der Waals surface area contributed by atoms with Gasteiger partial charge in [0.2, 0.25) is 0 Å². The van der Waals surface area contributed by atoms with Crippen molar-refractivity contribution in [3.05, 3.63) is 28.7 Å². The fraction of sp³-hybridized carbons (Fsp3) is 0.600. The second-order valence-corrected chi connectivity index (χ2v) is 6.07. The Morgan fingerprint density at radius 1 is 1.26 bits per heavy atom. The third-order valence-electron chi connectivity index (χ3n) is 3.53. The molecule has 0 aliphatic carbocycles. The van der Waals surface area contributed by atoms with Crippen molar-refractivity contribution in [2.24, 2.45) is 0 Å². The number of benzene rings is 1. The van der Waals surface area contributed by atoms with Crippen molar-refractivity contribution in [3.63, 3.8) is 0 Å². The summed E-state index contributed by atoms with van der Waals surface area (Å²) in [6.45, 7) is 6.59. The van der Waals surface area contributed by atoms with E-state index in [-0.39, 0.29) is 0 Å². The fourth-order valence-electron chi connectivity index (χ4n) is 2.31. The molecule has 1 aliphatic rings. The Balaban J connectivity index is 1.59. The van der Waals surface area contributed by atoms with Crippen molar-refractivity contribution in [1.82, 2.24) is 9.80 Å². The summed E-state index contributed by atoms with van der Waals surface area (Å²) in [6, 6.07) is 8.00. The zero-order valence-corrected chi connectivity index (χ0v) is 13.2. The monoisotopic (exact) mass is 326 g/mol. The molecule has 0 bridgehead atoms. The second kappa shape index (κ2) is 7.88. The van der Waals surface area contributed by atoms with Crippen LogP contribution in [-0.2, 0) is 0 Å². The van der Waals surface area contributed by atoms with Crippen molar-refractivity contribution < 1.29 is 4.74 Å². The van der Waals surface area contributed by atoms with E-state index < -0.39 is 0 Å². The number of halogens is 1. The molecule has 4 heteroatoms. The van der Waals surface area contributed by atoms with Gasteiger partial charge in [-0.25, -0.2) is 0 Å². The van der Waals surface area contributed by atoms with Crippen LogP contribution in [0.15, 0.2) is 28.7 Å². The molecule has 0 amide bonds. The number of hydrogen-bond acceptors (Lipinski definition) is 3. The van der Waals surface area contributed by atoms with Crippen LogP contribution in [0.2, 0.25) is 0 Å².